The number of nitrogens with zero attached hydrogens (tertiary/aromatic N) is 1. The summed E-state index contributed by atoms with van der Waals surface area (Å²) in [5, 5.41) is 3.73. The molecule has 0 saturated carbocycles. The number of rotatable bonds is 3. The quantitative estimate of drug-likeness (QED) is 0.929. The summed E-state index contributed by atoms with van der Waals surface area (Å²) in [5.41, 5.74) is 2.82. The number of nitrogens with one attached hydrogen (secondary N) is 1. The van der Waals surface area contributed by atoms with Crippen LogP contribution >= 0.6 is 12.4 Å². The summed E-state index contributed by atoms with van der Waals surface area (Å²) in [4.78, 5) is 2.56. The van der Waals surface area contributed by atoms with Gasteiger partial charge in [0.1, 0.15) is 5.75 Å². The maximum Gasteiger partial charge on any atom is 0.122 e. The lowest BCUT2D eigenvalue weighted by molar-refractivity contribution is 0.166. The summed E-state index contributed by atoms with van der Waals surface area (Å²) in [5.74, 6) is 1.09. The van der Waals surface area contributed by atoms with E-state index in [4.69, 9.17) is 4.74 Å². The molecule has 3 nitrogen and oxygen atoms in total. The Labute approximate surface area is 133 Å². The first kappa shape index (κ1) is 15.1. The first-order valence-electron chi connectivity index (χ1n) is 7.99. The molecule has 1 N–H and O–H groups in total. The van der Waals surface area contributed by atoms with Crippen LogP contribution in [0.5, 0.6) is 5.75 Å². The van der Waals surface area contributed by atoms with Gasteiger partial charge < -0.3 is 10.1 Å². The molecule has 2 unspecified atom stereocenters. The molecule has 0 spiro atoms. The van der Waals surface area contributed by atoms with Crippen molar-refractivity contribution in [3.63, 3.8) is 0 Å². The number of ether oxygens (including phenoxy) is 1. The highest BCUT2D eigenvalue weighted by atomic mass is 35.5. The summed E-state index contributed by atoms with van der Waals surface area (Å²) < 4.78 is 5.59. The highest BCUT2D eigenvalue weighted by Gasteiger charge is 2.34. The second-order valence-corrected chi connectivity index (χ2v) is 6.72. The van der Waals surface area contributed by atoms with Gasteiger partial charge >= 0.3 is 0 Å². The summed E-state index contributed by atoms with van der Waals surface area (Å²) in [6.07, 6.45) is 6.48. The third-order valence-corrected chi connectivity index (χ3v) is 5.26. The number of fused-ring (bicyclic) bond motifs is 3. The van der Waals surface area contributed by atoms with Crippen LogP contribution in [0.25, 0.3) is 0 Å². The number of halogens is 1. The molecule has 116 valence electrons. The van der Waals surface area contributed by atoms with Gasteiger partial charge in [0.05, 0.1) is 6.61 Å². The maximum atomic E-state index is 5.59. The topological polar surface area (TPSA) is 24.5 Å². The molecule has 4 rings (SSSR count). The lowest BCUT2D eigenvalue weighted by atomic mass is 9.98. The van der Waals surface area contributed by atoms with Crippen molar-refractivity contribution in [3.8, 4) is 5.75 Å². The van der Waals surface area contributed by atoms with Gasteiger partial charge in [-0.15, -0.1) is 12.4 Å². The van der Waals surface area contributed by atoms with E-state index in [-0.39, 0.29) is 12.4 Å². The number of hydrogen-bond donors (Lipinski definition) is 1. The fraction of sp³-hybridized carbons (Fsp3) is 0.647. The molecule has 2 saturated heterocycles. The van der Waals surface area contributed by atoms with E-state index in [2.05, 4.69) is 35.5 Å². The normalized spacial score (nSPS) is 29.9. The molecule has 2 atom stereocenters. The molecule has 21 heavy (non-hydrogen) atoms. The van der Waals surface area contributed by atoms with Gasteiger partial charge in [-0.2, -0.15) is 0 Å². The van der Waals surface area contributed by atoms with Crippen molar-refractivity contribution in [1.29, 1.82) is 0 Å². The number of hydrogen-bond acceptors (Lipinski definition) is 3. The van der Waals surface area contributed by atoms with Crippen LogP contribution in [0, 0.1) is 0 Å². The lowest BCUT2D eigenvalue weighted by Crippen LogP contribution is -2.46. The Morgan fingerprint density at radius 2 is 2.00 bits per heavy atom. The highest BCUT2D eigenvalue weighted by Crippen LogP contribution is 2.31. The summed E-state index contributed by atoms with van der Waals surface area (Å²) in [7, 11) is 2.29. The van der Waals surface area contributed by atoms with Gasteiger partial charge in [-0.05, 0) is 49.9 Å². The number of piperidine rings is 1. The standard InChI is InChI=1S/C17H24N2O.ClH/c1-19(16-9-14-3-4-15(10-16)18-14)11-12-2-5-17-13(8-12)6-7-20-17;/h2,5,8,14-16,18H,3-4,6-7,9-11H2,1H3;1H. The number of benzene rings is 1. The maximum absolute atomic E-state index is 5.59. The molecule has 2 bridgehead atoms. The fourth-order valence-electron chi connectivity index (χ4n) is 4.14. The predicted octanol–water partition coefficient (Wildman–Crippen LogP) is 2.76. The van der Waals surface area contributed by atoms with Crippen LogP contribution < -0.4 is 10.1 Å². The van der Waals surface area contributed by atoms with Gasteiger partial charge in [0.25, 0.3) is 0 Å². The van der Waals surface area contributed by atoms with E-state index >= 15 is 0 Å². The van der Waals surface area contributed by atoms with E-state index < -0.39 is 0 Å². The molecule has 3 aliphatic rings. The highest BCUT2D eigenvalue weighted by molar-refractivity contribution is 5.85. The molecule has 0 radical (unpaired) electrons. The zero-order chi connectivity index (χ0) is 13.5. The second-order valence-electron chi connectivity index (χ2n) is 6.72. The molecular weight excluding hydrogens is 284 g/mol. The van der Waals surface area contributed by atoms with Crippen LogP contribution in [0.15, 0.2) is 18.2 Å². The van der Waals surface area contributed by atoms with Crippen molar-refractivity contribution in [2.75, 3.05) is 13.7 Å². The van der Waals surface area contributed by atoms with Gasteiger partial charge in [0.2, 0.25) is 0 Å². The average molecular weight is 309 g/mol. The van der Waals surface area contributed by atoms with Crippen LogP contribution in [0.2, 0.25) is 0 Å². The van der Waals surface area contributed by atoms with Crippen molar-refractivity contribution in [1.82, 2.24) is 10.2 Å². The molecular formula is C17H25ClN2O. The van der Waals surface area contributed by atoms with Gasteiger partial charge in [0.15, 0.2) is 0 Å². The Bertz CT molecular complexity index is 496. The van der Waals surface area contributed by atoms with E-state index in [0.29, 0.717) is 0 Å². The third-order valence-electron chi connectivity index (χ3n) is 5.26. The summed E-state index contributed by atoms with van der Waals surface area (Å²) in [6, 6.07) is 9.02. The fourth-order valence-corrected chi connectivity index (χ4v) is 4.14. The molecule has 0 amide bonds. The van der Waals surface area contributed by atoms with Crippen molar-refractivity contribution >= 4 is 12.4 Å². The Hall–Kier alpha value is -0.770. The zero-order valence-electron chi connectivity index (χ0n) is 12.7. The van der Waals surface area contributed by atoms with Gasteiger partial charge in [-0.1, -0.05) is 12.1 Å². The van der Waals surface area contributed by atoms with E-state index in [1.165, 1.54) is 36.8 Å². The molecule has 0 aliphatic carbocycles. The first-order valence-corrected chi connectivity index (χ1v) is 7.99. The summed E-state index contributed by atoms with van der Waals surface area (Å²) >= 11 is 0. The summed E-state index contributed by atoms with van der Waals surface area (Å²) in [6.45, 7) is 1.92. The SMILES string of the molecule is CN(Cc1ccc2c(c1)CCO2)C1CC2CCC(C1)N2.Cl. The predicted molar refractivity (Wildman–Crippen MR) is 87.3 cm³/mol. The minimum absolute atomic E-state index is 0. The van der Waals surface area contributed by atoms with Crippen LogP contribution in [0.3, 0.4) is 0 Å². The molecule has 3 aliphatic heterocycles. The Morgan fingerprint density at radius 3 is 2.76 bits per heavy atom. The Morgan fingerprint density at radius 1 is 1.24 bits per heavy atom. The van der Waals surface area contributed by atoms with Crippen LogP contribution in [-0.2, 0) is 13.0 Å². The smallest absolute Gasteiger partial charge is 0.122 e. The minimum Gasteiger partial charge on any atom is -0.493 e. The van der Waals surface area contributed by atoms with Gasteiger partial charge in [0, 0.05) is 31.1 Å². The Balaban J connectivity index is 0.00000132. The molecule has 0 aromatic heterocycles. The molecule has 1 aromatic carbocycles. The van der Waals surface area contributed by atoms with Crippen molar-refractivity contribution in [2.24, 2.45) is 0 Å². The van der Waals surface area contributed by atoms with Gasteiger partial charge in [-0.3, -0.25) is 4.90 Å². The first-order chi connectivity index (χ1) is 9.78. The Kier molecular flexibility index (Phi) is 4.43. The van der Waals surface area contributed by atoms with E-state index in [1.807, 2.05) is 0 Å². The van der Waals surface area contributed by atoms with Crippen molar-refractivity contribution in [2.45, 2.75) is 56.8 Å². The van der Waals surface area contributed by atoms with Crippen LogP contribution in [0.1, 0.15) is 36.8 Å². The second kappa shape index (κ2) is 6.15. The van der Waals surface area contributed by atoms with Crippen molar-refractivity contribution < 1.29 is 4.74 Å². The van der Waals surface area contributed by atoms with E-state index in [1.54, 1.807) is 0 Å². The van der Waals surface area contributed by atoms with E-state index in [9.17, 15) is 0 Å². The largest absolute Gasteiger partial charge is 0.493 e. The monoisotopic (exact) mass is 308 g/mol. The zero-order valence-corrected chi connectivity index (χ0v) is 13.5. The average Bonchev–Trinajstić information content (AvgIpc) is 3.04. The van der Waals surface area contributed by atoms with Gasteiger partial charge in [-0.25, -0.2) is 0 Å². The third kappa shape index (κ3) is 3.05. The minimum atomic E-state index is 0. The van der Waals surface area contributed by atoms with Crippen LogP contribution in [0.4, 0.5) is 0 Å². The molecule has 1 aromatic rings. The van der Waals surface area contributed by atoms with Crippen LogP contribution in [-0.4, -0.2) is 36.7 Å². The molecule has 3 heterocycles. The molecule has 4 heteroatoms. The lowest BCUT2D eigenvalue weighted by Gasteiger charge is -2.35. The van der Waals surface area contributed by atoms with E-state index in [0.717, 1.165) is 43.4 Å². The molecule has 2 fully saturated rings. The van der Waals surface area contributed by atoms with Crippen molar-refractivity contribution in [3.05, 3.63) is 29.3 Å².